The van der Waals surface area contributed by atoms with Gasteiger partial charge < -0.3 is 4.57 Å². The number of benzene rings is 7. The van der Waals surface area contributed by atoms with Crippen molar-refractivity contribution in [2.45, 2.75) is 19.3 Å². The minimum Gasteiger partial charge on any atom is -0.309 e. The molecule has 0 radical (unpaired) electrons. The van der Waals surface area contributed by atoms with E-state index in [1.165, 1.54) is 60.8 Å². The van der Waals surface area contributed by atoms with Gasteiger partial charge in [0.15, 0.2) is 0 Å². The second kappa shape index (κ2) is 11.8. The zero-order valence-electron chi connectivity index (χ0n) is 29.2. The van der Waals surface area contributed by atoms with E-state index in [-0.39, 0.29) is 5.41 Å². The predicted molar refractivity (Wildman–Crippen MR) is 218 cm³/mol. The molecule has 52 heavy (non-hydrogen) atoms. The predicted octanol–water partition coefficient (Wildman–Crippen LogP) is 13.2. The van der Waals surface area contributed by atoms with Gasteiger partial charge in [0.1, 0.15) is 0 Å². The summed E-state index contributed by atoms with van der Waals surface area (Å²) in [7, 11) is 0. The van der Waals surface area contributed by atoms with Gasteiger partial charge in [0.05, 0.1) is 22.4 Å². The summed E-state index contributed by atoms with van der Waals surface area (Å²) in [4.78, 5) is 5.28. The quantitative estimate of drug-likeness (QED) is 0.179. The summed E-state index contributed by atoms with van der Waals surface area (Å²) in [6, 6.07) is 65.9. The van der Waals surface area contributed by atoms with E-state index in [4.69, 9.17) is 4.98 Å². The molecule has 2 heterocycles. The molecule has 0 amide bonds. The third kappa shape index (κ3) is 4.76. The summed E-state index contributed by atoms with van der Waals surface area (Å²) >= 11 is 0. The van der Waals surface area contributed by atoms with E-state index in [1.54, 1.807) is 0 Å². The van der Waals surface area contributed by atoms with Crippen molar-refractivity contribution in [1.82, 2.24) is 9.55 Å². The van der Waals surface area contributed by atoms with Crippen LogP contribution in [0.1, 0.15) is 25.0 Å². The van der Waals surface area contributed by atoms with Crippen LogP contribution in [0.4, 0.5) is 0 Å². The van der Waals surface area contributed by atoms with Gasteiger partial charge in [0, 0.05) is 33.0 Å². The van der Waals surface area contributed by atoms with Crippen LogP contribution in [0, 0.1) is 0 Å². The van der Waals surface area contributed by atoms with Crippen molar-refractivity contribution in [2.75, 3.05) is 0 Å². The SMILES string of the molecule is CC1(C)c2ccccc2-c2cccc(-c3ccc4c(c3)c3cc(-c5cc(-c6ccccc6)cc(-c6ccccc6)n5)ccc3n4-c3ccccc3)c21. The molecule has 0 saturated heterocycles. The fourth-order valence-electron chi connectivity index (χ4n) is 8.53. The highest BCUT2D eigenvalue weighted by molar-refractivity contribution is 6.12. The highest BCUT2D eigenvalue weighted by Gasteiger charge is 2.37. The lowest BCUT2D eigenvalue weighted by Gasteiger charge is -2.24. The third-order valence-corrected chi connectivity index (χ3v) is 11.0. The van der Waals surface area contributed by atoms with E-state index in [2.05, 4.69) is 200 Å². The molecule has 0 aliphatic heterocycles. The molecule has 7 aromatic carbocycles. The van der Waals surface area contributed by atoms with E-state index < -0.39 is 0 Å². The summed E-state index contributed by atoms with van der Waals surface area (Å²) in [5.74, 6) is 0. The first-order valence-corrected chi connectivity index (χ1v) is 18.1. The average Bonchev–Trinajstić information content (AvgIpc) is 3.66. The first kappa shape index (κ1) is 30.3. The highest BCUT2D eigenvalue weighted by Crippen LogP contribution is 2.52. The van der Waals surface area contributed by atoms with Gasteiger partial charge in [-0.1, -0.05) is 147 Å². The molecule has 1 aliphatic carbocycles. The smallest absolute Gasteiger partial charge is 0.0715 e. The van der Waals surface area contributed by atoms with Gasteiger partial charge >= 0.3 is 0 Å². The van der Waals surface area contributed by atoms with Crippen molar-refractivity contribution < 1.29 is 0 Å². The Morgan fingerprint density at radius 1 is 0.404 bits per heavy atom. The van der Waals surface area contributed by atoms with Gasteiger partial charge in [-0.25, -0.2) is 4.98 Å². The lowest BCUT2D eigenvalue weighted by Crippen LogP contribution is -2.16. The molecule has 10 rings (SSSR count). The number of nitrogens with zero attached hydrogens (tertiary/aromatic N) is 2. The minimum atomic E-state index is -0.103. The molecule has 2 aromatic heterocycles. The summed E-state index contributed by atoms with van der Waals surface area (Å²) in [6.07, 6.45) is 0. The van der Waals surface area contributed by atoms with Crippen molar-refractivity contribution in [2.24, 2.45) is 0 Å². The Morgan fingerprint density at radius 2 is 0.942 bits per heavy atom. The van der Waals surface area contributed by atoms with E-state index in [0.29, 0.717) is 0 Å². The summed E-state index contributed by atoms with van der Waals surface area (Å²) in [6.45, 7) is 4.74. The third-order valence-electron chi connectivity index (χ3n) is 11.0. The van der Waals surface area contributed by atoms with Crippen LogP contribution in [0.15, 0.2) is 182 Å². The van der Waals surface area contributed by atoms with Gasteiger partial charge in [-0.15, -0.1) is 0 Å². The first-order chi connectivity index (χ1) is 25.5. The Hall–Kier alpha value is -6.51. The number of pyridine rings is 1. The second-order valence-corrected chi connectivity index (χ2v) is 14.4. The Bertz CT molecular complexity index is 2730. The van der Waals surface area contributed by atoms with Crippen LogP contribution in [-0.4, -0.2) is 9.55 Å². The molecule has 0 unspecified atom stereocenters. The molecule has 0 fully saturated rings. The van der Waals surface area contributed by atoms with Crippen LogP contribution in [0.25, 0.3) is 83.4 Å². The van der Waals surface area contributed by atoms with E-state index in [1.807, 2.05) is 0 Å². The van der Waals surface area contributed by atoms with Crippen LogP contribution in [0.5, 0.6) is 0 Å². The molecule has 246 valence electrons. The standard InChI is InChI=1S/C50H36N2/c1-50(2)44-24-13-12-21-40(44)41-23-14-22-39(49(41)50)35-25-27-47-42(29-35)43-30-36(26-28-48(43)52(47)38-19-10-5-11-20-38)46-32-37(33-15-6-3-7-16-33)31-45(51-46)34-17-8-4-9-18-34/h3-32H,1-2H3. The Labute approximate surface area is 304 Å². The Morgan fingerprint density at radius 3 is 1.65 bits per heavy atom. The largest absolute Gasteiger partial charge is 0.309 e. The highest BCUT2D eigenvalue weighted by atomic mass is 15.0. The van der Waals surface area contributed by atoms with Crippen LogP contribution in [0.2, 0.25) is 0 Å². The Kier molecular flexibility index (Phi) is 6.87. The van der Waals surface area contributed by atoms with Crippen molar-refractivity contribution in [3.05, 3.63) is 193 Å². The molecule has 0 saturated carbocycles. The maximum absolute atomic E-state index is 5.28. The minimum absolute atomic E-state index is 0.103. The monoisotopic (exact) mass is 664 g/mol. The van der Waals surface area contributed by atoms with Crippen molar-refractivity contribution in [1.29, 1.82) is 0 Å². The lowest BCUT2D eigenvalue weighted by molar-refractivity contribution is 0.662. The molecule has 2 nitrogen and oxygen atoms in total. The van der Waals surface area contributed by atoms with Crippen molar-refractivity contribution >= 4 is 21.8 Å². The van der Waals surface area contributed by atoms with Crippen molar-refractivity contribution in [3.8, 4) is 61.6 Å². The molecule has 9 aromatic rings. The van der Waals surface area contributed by atoms with Gasteiger partial charge in [-0.2, -0.15) is 0 Å². The molecular formula is C50H36N2. The number of para-hydroxylation sites is 1. The van der Waals surface area contributed by atoms with Crippen LogP contribution in [-0.2, 0) is 5.41 Å². The lowest BCUT2D eigenvalue weighted by atomic mass is 9.79. The first-order valence-electron chi connectivity index (χ1n) is 18.1. The second-order valence-electron chi connectivity index (χ2n) is 14.4. The number of hydrogen-bond donors (Lipinski definition) is 0. The molecule has 1 aliphatic rings. The summed E-state index contributed by atoms with van der Waals surface area (Å²) in [5.41, 5.74) is 17.9. The van der Waals surface area contributed by atoms with E-state index in [9.17, 15) is 0 Å². The maximum atomic E-state index is 5.28. The molecular weight excluding hydrogens is 629 g/mol. The fourth-order valence-corrected chi connectivity index (χ4v) is 8.53. The average molecular weight is 665 g/mol. The number of rotatable bonds is 5. The van der Waals surface area contributed by atoms with Crippen LogP contribution < -0.4 is 0 Å². The van der Waals surface area contributed by atoms with Crippen LogP contribution >= 0.6 is 0 Å². The van der Waals surface area contributed by atoms with E-state index in [0.717, 1.165) is 33.8 Å². The van der Waals surface area contributed by atoms with Crippen molar-refractivity contribution in [3.63, 3.8) is 0 Å². The molecule has 2 heteroatoms. The summed E-state index contributed by atoms with van der Waals surface area (Å²) in [5, 5.41) is 2.44. The van der Waals surface area contributed by atoms with Crippen LogP contribution in [0.3, 0.4) is 0 Å². The van der Waals surface area contributed by atoms with Gasteiger partial charge in [0.25, 0.3) is 0 Å². The normalized spacial score (nSPS) is 13.0. The fraction of sp³-hybridized carbons (Fsp3) is 0.0600. The van der Waals surface area contributed by atoms with Gasteiger partial charge in [0.2, 0.25) is 0 Å². The van der Waals surface area contributed by atoms with Gasteiger partial charge in [-0.05, 0) is 93.0 Å². The number of aromatic nitrogens is 2. The topological polar surface area (TPSA) is 17.8 Å². The molecule has 0 bridgehead atoms. The van der Waals surface area contributed by atoms with E-state index >= 15 is 0 Å². The van der Waals surface area contributed by atoms with Gasteiger partial charge in [-0.3, -0.25) is 0 Å². The summed E-state index contributed by atoms with van der Waals surface area (Å²) < 4.78 is 2.40. The number of fused-ring (bicyclic) bond motifs is 6. The molecule has 0 N–H and O–H groups in total. The molecule has 0 spiro atoms. The zero-order chi connectivity index (χ0) is 34.8. The Balaban J connectivity index is 1.21. The maximum Gasteiger partial charge on any atom is 0.0715 e. The zero-order valence-corrected chi connectivity index (χ0v) is 29.2. The number of hydrogen-bond acceptors (Lipinski definition) is 1. The molecule has 0 atom stereocenters.